The summed E-state index contributed by atoms with van der Waals surface area (Å²) in [4.78, 5) is 9.26. The molecule has 2 atom stereocenters. The first-order valence-electron chi connectivity index (χ1n) is 6.16. The number of imidazole rings is 1. The van der Waals surface area contributed by atoms with Crippen molar-refractivity contribution in [3.05, 3.63) is 12.0 Å². The monoisotopic (exact) mass is 354 g/mol. The minimum atomic E-state index is 0.234. The lowest BCUT2D eigenvalue weighted by Gasteiger charge is -2.37. The second-order valence-electron chi connectivity index (χ2n) is 5.07. The number of quaternary nitrogens is 1. The number of nitrogens with zero attached hydrogens (tertiary/aromatic N) is 5. The lowest BCUT2D eigenvalue weighted by atomic mass is 10.1. The maximum atomic E-state index is 5.99. The highest BCUT2D eigenvalue weighted by Gasteiger charge is 2.46. The number of hydrogen-bond acceptors (Lipinski definition) is 4. The summed E-state index contributed by atoms with van der Waals surface area (Å²) in [5.41, 5.74) is 0.597. The Morgan fingerprint density at radius 2 is 2.15 bits per heavy atom. The van der Waals surface area contributed by atoms with Crippen LogP contribution in [0.3, 0.4) is 0 Å². The molecule has 2 rings (SSSR count). The maximum Gasteiger partial charge on any atom is 0.343 e. The highest BCUT2D eigenvalue weighted by molar-refractivity contribution is 7.80. The number of aromatic nitrogens is 2. The van der Waals surface area contributed by atoms with Crippen LogP contribution in [-0.2, 0) is 0 Å². The van der Waals surface area contributed by atoms with E-state index in [2.05, 4.69) is 23.8 Å². The molecular formula is C11H15Cl3N5S+. The fraction of sp³-hybridized carbons (Fsp3) is 0.545. The topological polar surface area (TPSA) is 33.4 Å². The van der Waals surface area contributed by atoms with Gasteiger partial charge in [-0.15, -0.1) is 3.94 Å². The van der Waals surface area contributed by atoms with Gasteiger partial charge in [-0.2, -0.15) is 4.99 Å². The minimum absolute atomic E-state index is 0.234. The summed E-state index contributed by atoms with van der Waals surface area (Å²) in [5.74, 6) is 1.31. The number of aliphatic imine (C=N–C) groups is 1. The number of hydrogen-bond donors (Lipinski definition) is 0. The minimum Gasteiger partial charge on any atom is -0.226 e. The SMILES string of the molecule is CCC(C)C[N+]1(C)C(=S)c2ncn(Cl)c2N=C1N(Cl)Cl. The van der Waals surface area contributed by atoms with E-state index in [1.165, 1.54) is 10.4 Å². The Morgan fingerprint density at radius 1 is 1.50 bits per heavy atom. The molecule has 0 amide bonds. The predicted octanol–water partition coefficient (Wildman–Crippen LogP) is 3.66. The number of thiocarbonyl (C=S) groups is 1. The van der Waals surface area contributed by atoms with Crippen LogP contribution in [-0.4, -0.2) is 42.0 Å². The fourth-order valence-electron chi connectivity index (χ4n) is 2.22. The zero-order chi connectivity index (χ0) is 15.1. The molecule has 0 aromatic carbocycles. The molecule has 1 aromatic rings. The van der Waals surface area contributed by atoms with Crippen molar-refractivity contribution in [1.29, 1.82) is 0 Å². The van der Waals surface area contributed by atoms with Crippen molar-refractivity contribution in [2.24, 2.45) is 10.9 Å². The van der Waals surface area contributed by atoms with E-state index < -0.39 is 0 Å². The van der Waals surface area contributed by atoms with E-state index in [-0.39, 0.29) is 4.48 Å². The van der Waals surface area contributed by atoms with E-state index in [0.29, 0.717) is 28.4 Å². The highest BCUT2D eigenvalue weighted by atomic mass is 35.5. The van der Waals surface area contributed by atoms with Crippen molar-refractivity contribution in [3.63, 3.8) is 0 Å². The second-order valence-corrected chi connectivity index (χ2v) is 6.67. The Morgan fingerprint density at radius 3 is 2.70 bits per heavy atom. The van der Waals surface area contributed by atoms with E-state index in [4.69, 9.17) is 47.5 Å². The van der Waals surface area contributed by atoms with Gasteiger partial charge in [-0.05, 0) is 18.6 Å². The average molecular weight is 356 g/mol. The molecule has 1 aromatic heterocycles. The number of guanidine groups is 1. The van der Waals surface area contributed by atoms with Gasteiger partial charge in [-0.25, -0.2) is 13.6 Å². The quantitative estimate of drug-likeness (QED) is 0.471. The van der Waals surface area contributed by atoms with Crippen molar-refractivity contribution in [2.75, 3.05) is 13.6 Å². The van der Waals surface area contributed by atoms with Gasteiger partial charge in [0.05, 0.1) is 13.6 Å². The first-order valence-corrected chi connectivity index (χ1v) is 7.58. The third-order valence-electron chi connectivity index (χ3n) is 3.53. The summed E-state index contributed by atoms with van der Waals surface area (Å²) in [7, 11) is 1.93. The summed E-state index contributed by atoms with van der Waals surface area (Å²) in [6, 6.07) is 0. The van der Waals surface area contributed by atoms with Crippen molar-refractivity contribution in [2.45, 2.75) is 20.3 Å². The van der Waals surface area contributed by atoms with E-state index in [1.54, 1.807) is 0 Å². The molecule has 2 unspecified atom stereocenters. The van der Waals surface area contributed by atoms with Crippen LogP contribution in [0.4, 0.5) is 5.82 Å². The fourth-order valence-corrected chi connectivity index (χ4v) is 3.10. The maximum absolute atomic E-state index is 5.99. The van der Waals surface area contributed by atoms with Gasteiger partial charge in [0.2, 0.25) is 4.99 Å². The normalized spacial score (nSPS) is 23.3. The lowest BCUT2D eigenvalue weighted by Crippen LogP contribution is -2.59. The largest absolute Gasteiger partial charge is 0.343 e. The first kappa shape index (κ1) is 16.0. The van der Waals surface area contributed by atoms with Crippen LogP contribution >= 0.6 is 47.5 Å². The smallest absolute Gasteiger partial charge is 0.226 e. The van der Waals surface area contributed by atoms with Gasteiger partial charge in [0.15, 0.2) is 11.5 Å². The molecule has 1 aliphatic rings. The first-order chi connectivity index (χ1) is 9.31. The van der Waals surface area contributed by atoms with Crippen LogP contribution in [0.15, 0.2) is 11.3 Å². The van der Waals surface area contributed by atoms with Crippen LogP contribution in [0.25, 0.3) is 0 Å². The molecular weight excluding hydrogens is 341 g/mol. The Bertz CT molecular complexity index is 570. The molecule has 0 N–H and O–H groups in total. The average Bonchev–Trinajstić information content (AvgIpc) is 2.75. The van der Waals surface area contributed by atoms with Crippen LogP contribution in [0, 0.1) is 5.92 Å². The van der Waals surface area contributed by atoms with E-state index in [0.717, 1.165) is 16.9 Å². The zero-order valence-corrected chi connectivity index (χ0v) is 14.4. The van der Waals surface area contributed by atoms with E-state index in [1.807, 2.05) is 7.05 Å². The lowest BCUT2D eigenvalue weighted by molar-refractivity contribution is -0.730. The summed E-state index contributed by atoms with van der Waals surface area (Å²) in [5, 5.41) is 0. The molecule has 0 saturated heterocycles. The second kappa shape index (κ2) is 5.77. The molecule has 0 bridgehead atoms. The van der Waals surface area contributed by atoms with Crippen molar-refractivity contribution in [1.82, 2.24) is 13.0 Å². The van der Waals surface area contributed by atoms with E-state index in [9.17, 15) is 0 Å². The van der Waals surface area contributed by atoms with E-state index >= 15 is 0 Å². The Labute approximate surface area is 138 Å². The summed E-state index contributed by atoms with van der Waals surface area (Å²) in [6.07, 6.45) is 2.48. The Kier molecular flexibility index (Phi) is 4.61. The van der Waals surface area contributed by atoms with Crippen molar-refractivity contribution in [3.8, 4) is 0 Å². The molecule has 0 fully saturated rings. The summed E-state index contributed by atoms with van der Waals surface area (Å²) in [6.45, 7) is 5.00. The molecule has 0 radical (unpaired) electrons. The molecule has 20 heavy (non-hydrogen) atoms. The van der Waals surface area contributed by atoms with Crippen LogP contribution in [0.1, 0.15) is 26.0 Å². The van der Waals surface area contributed by atoms with Crippen LogP contribution < -0.4 is 0 Å². The summed E-state index contributed by atoms with van der Waals surface area (Å²) < 4.78 is 2.46. The molecule has 110 valence electrons. The van der Waals surface area contributed by atoms with Gasteiger partial charge in [-0.1, -0.05) is 13.8 Å². The Balaban J connectivity index is 2.55. The molecule has 1 aliphatic heterocycles. The van der Waals surface area contributed by atoms with Gasteiger partial charge in [0.1, 0.15) is 6.33 Å². The number of fused-ring (bicyclic) bond motifs is 1. The zero-order valence-electron chi connectivity index (χ0n) is 11.3. The van der Waals surface area contributed by atoms with Gasteiger partial charge >= 0.3 is 5.96 Å². The summed E-state index contributed by atoms with van der Waals surface area (Å²) >= 11 is 23.5. The molecule has 0 spiro atoms. The van der Waals surface area contributed by atoms with Gasteiger partial charge in [0, 0.05) is 41.2 Å². The third kappa shape index (κ3) is 2.55. The van der Waals surface area contributed by atoms with Gasteiger partial charge in [-0.3, -0.25) is 0 Å². The molecule has 9 heteroatoms. The molecule has 5 nitrogen and oxygen atoms in total. The highest BCUT2D eigenvalue weighted by Crippen LogP contribution is 2.33. The predicted molar refractivity (Wildman–Crippen MR) is 86.3 cm³/mol. The van der Waals surface area contributed by atoms with Crippen molar-refractivity contribution >= 4 is 64.3 Å². The van der Waals surface area contributed by atoms with Crippen LogP contribution in [0.5, 0.6) is 0 Å². The number of rotatable bonds is 3. The molecule has 0 saturated carbocycles. The number of halogens is 3. The third-order valence-corrected chi connectivity index (χ3v) is 4.67. The standard InChI is InChI=1S/C11H15Cl3N5S/c1-4-7(2)5-19(3)10(20)8-9(17(12)6-15-8)16-11(19)18(13)14/h6-7H,4-5H2,1-3H3/q+1. The molecule has 2 heterocycles. The van der Waals surface area contributed by atoms with Crippen LogP contribution in [0.2, 0.25) is 0 Å². The molecule has 0 aliphatic carbocycles. The van der Waals surface area contributed by atoms with Gasteiger partial charge in [0.25, 0.3) is 0 Å². The van der Waals surface area contributed by atoms with Gasteiger partial charge < -0.3 is 0 Å². The van der Waals surface area contributed by atoms with Crippen molar-refractivity contribution < 1.29 is 4.48 Å². The Hall–Kier alpha value is -0.400.